The summed E-state index contributed by atoms with van der Waals surface area (Å²) < 4.78 is 2.94. The van der Waals surface area contributed by atoms with Gasteiger partial charge in [0.05, 0.1) is 17.7 Å². The van der Waals surface area contributed by atoms with Crippen molar-refractivity contribution in [2.75, 3.05) is 4.90 Å². The van der Waals surface area contributed by atoms with E-state index in [9.17, 15) is 9.90 Å². The first-order chi connectivity index (χ1) is 11.4. The monoisotopic (exact) mass is 643 g/mol. The zero-order valence-corrected chi connectivity index (χ0v) is 19.3. The topological polar surface area (TPSA) is 40.5 Å². The summed E-state index contributed by atoms with van der Waals surface area (Å²) in [4.78, 5) is 14.8. The van der Waals surface area contributed by atoms with Crippen molar-refractivity contribution < 1.29 is 9.90 Å². The average Bonchev–Trinajstić information content (AvgIpc) is 2.80. The summed E-state index contributed by atoms with van der Waals surface area (Å²) in [5.74, 6) is 0.126. The molecule has 0 atom stereocenters. The van der Waals surface area contributed by atoms with Crippen molar-refractivity contribution in [3.63, 3.8) is 0 Å². The van der Waals surface area contributed by atoms with Gasteiger partial charge in [0.15, 0.2) is 4.32 Å². The normalized spacial score (nSPS) is 16.3. The quantitative estimate of drug-likeness (QED) is 0.256. The number of hydrogen-bond acceptors (Lipinski definition) is 4. The predicted octanol–water partition coefficient (Wildman–Crippen LogP) is 5.77. The van der Waals surface area contributed by atoms with Gasteiger partial charge >= 0.3 is 0 Å². The molecular formula is C16H8BrI2NO2S2. The van der Waals surface area contributed by atoms with Crippen LogP contribution >= 0.6 is 85.1 Å². The Morgan fingerprint density at radius 1 is 1.17 bits per heavy atom. The van der Waals surface area contributed by atoms with Gasteiger partial charge < -0.3 is 5.11 Å². The van der Waals surface area contributed by atoms with Gasteiger partial charge in [0.2, 0.25) is 0 Å². The minimum atomic E-state index is -0.134. The smallest absolute Gasteiger partial charge is 0.270 e. The molecule has 3 nitrogen and oxygen atoms in total. The maximum absolute atomic E-state index is 12.7. The third-order valence-corrected chi connectivity index (χ3v) is 6.69. The molecule has 1 N–H and O–H groups in total. The first-order valence-electron chi connectivity index (χ1n) is 6.58. The maximum atomic E-state index is 12.7. The van der Waals surface area contributed by atoms with Crippen molar-refractivity contribution in [1.29, 1.82) is 0 Å². The number of phenolic OH excluding ortho intramolecular Hbond substituents is 1. The van der Waals surface area contributed by atoms with E-state index >= 15 is 0 Å². The fourth-order valence-corrected chi connectivity index (χ4v) is 5.48. The molecule has 0 aliphatic carbocycles. The van der Waals surface area contributed by atoms with E-state index < -0.39 is 0 Å². The van der Waals surface area contributed by atoms with Gasteiger partial charge in [-0.3, -0.25) is 9.69 Å². The predicted molar refractivity (Wildman–Crippen MR) is 123 cm³/mol. The van der Waals surface area contributed by atoms with Crippen LogP contribution in [0.3, 0.4) is 0 Å². The fourth-order valence-electron chi connectivity index (χ4n) is 2.10. The second kappa shape index (κ2) is 7.60. The highest BCUT2D eigenvalue weighted by Crippen LogP contribution is 2.37. The molecule has 122 valence electrons. The van der Waals surface area contributed by atoms with Crippen LogP contribution < -0.4 is 4.90 Å². The van der Waals surface area contributed by atoms with Gasteiger partial charge in [-0.15, -0.1) is 0 Å². The van der Waals surface area contributed by atoms with Crippen LogP contribution in [0.25, 0.3) is 6.08 Å². The van der Waals surface area contributed by atoms with Crippen LogP contribution in [-0.2, 0) is 4.79 Å². The van der Waals surface area contributed by atoms with E-state index in [4.69, 9.17) is 12.2 Å². The number of hydrogen-bond donors (Lipinski definition) is 1. The van der Waals surface area contributed by atoms with Crippen LogP contribution in [0.15, 0.2) is 45.8 Å². The molecule has 0 unspecified atom stereocenters. The van der Waals surface area contributed by atoms with Gasteiger partial charge in [-0.2, -0.15) is 0 Å². The average molecular weight is 644 g/mol. The summed E-state index contributed by atoms with van der Waals surface area (Å²) in [5, 5.41) is 9.86. The molecule has 3 rings (SSSR count). The number of phenols is 1. The number of aromatic hydroxyl groups is 1. The highest BCUT2D eigenvalue weighted by atomic mass is 127. The Hall–Kier alpha value is -0.170. The van der Waals surface area contributed by atoms with Gasteiger partial charge in [-0.05, 0) is 93.2 Å². The lowest BCUT2D eigenvalue weighted by molar-refractivity contribution is -0.113. The summed E-state index contributed by atoms with van der Waals surface area (Å²) >= 11 is 14.2. The first-order valence-corrected chi connectivity index (χ1v) is 10.8. The summed E-state index contributed by atoms with van der Waals surface area (Å²) in [6, 6.07) is 11.1. The van der Waals surface area contributed by atoms with E-state index in [0.29, 0.717) is 9.23 Å². The molecule has 1 aliphatic heterocycles. The Bertz CT molecular complexity index is 861. The molecular weight excluding hydrogens is 636 g/mol. The molecule has 1 fully saturated rings. The molecule has 1 heterocycles. The molecule has 24 heavy (non-hydrogen) atoms. The van der Waals surface area contributed by atoms with E-state index in [-0.39, 0.29) is 11.7 Å². The Morgan fingerprint density at radius 2 is 1.75 bits per heavy atom. The molecule has 2 aromatic carbocycles. The lowest BCUT2D eigenvalue weighted by Crippen LogP contribution is -2.27. The van der Waals surface area contributed by atoms with Gasteiger partial charge in [0, 0.05) is 4.47 Å². The number of thioether (sulfide) groups is 1. The van der Waals surface area contributed by atoms with E-state index in [1.807, 2.05) is 42.5 Å². The lowest BCUT2D eigenvalue weighted by atomic mass is 10.2. The molecule has 1 aliphatic rings. The van der Waals surface area contributed by atoms with Crippen molar-refractivity contribution in [3.05, 3.63) is 58.5 Å². The molecule has 0 aromatic heterocycles. The number of anilines is 1. The lowest BCUT2D eigenvalue weighted by Gasteiger charge is -2.14. The number of benzene rings is 2. The Labute approximate surface area is 184 Å². The van der Waals surface area contributed by atoms with Crippen molar-refractivity contribution in [2.24, 2.45) is 0 Å². The van der Waals surface area contributed by atoms with Crippen molar-refractivity contribution in [2.45, 2.75) is 0 Å². The van der Waals surface area contributed by atoms with Crippen LogP contribution in [0.4, 0.5) is 5.69 Å². The van der Waals surface area contributed by atoms with Crippen LogP contribution in [0.2, 0.25) is 0 Å². The molecule has 1 saturated heterocycles. The molecule has 0 spiro atoms. The number of thiocarbonyl (C=S) groups is 1. The number of nitrogens with zero attached hydrogens (tertiary/aromatic N) is 1. The largest absolute Gasteiger partial charge is 0.506 e. The number of carbonyl (C=O) groups excluding carboxylic acids is 1. The second-order valence-corrected chi connectivity index (χ2v) is 9.74. The summed E-state index contributed by atoms with van der Waals surface area (Å²) in [6.45, 7) is 0. The van der Waals surface area contributed by atoms with E-state index in [1.165, 1.54) is 16.7 Å². The van der Waals surface area contributed by atoms with Crippen molar-refractivity contribution >= 4 is 107 Å². The molecule has 0 radical (unpaired) electrons. The summed E-state index contributed by atoms with van der Waals surface area (Å²) in [6.07, 6.45) is 1.81. The summed E-state index contributed by atoms with van der Waals surface area (Å²) in [7, 11) is 0. The molecule has 0 bridgehead atoms. The first kappa shape index (κ1) is 18.6. The Balaban J connectivity index is 1.95. The van der Waals surface area contributed by atoms with E-state index in [1.54, 1.807) is 0 Å². The summed E-state index contributed by atoms with van der Waals surface area (Å²) in [5.41, 5.74) is 1.61. The number of halogens is 3. The molecule has 0 saturated carbocycles. The molecule has 1 amide bonds. The zero-order valence-electron chi connectivity index (χ0n) is 11.8. The molecule has 8 heteroatoms. The van der Waals surface area contributed by atoms with Crippen LogP contribution in [0.1, 0.15) is 5.56 Å². The van der Waals surface area contributed by atoms with Crippen LogP contribution in [0, 0.1) is 7.14 Å². The van der Waals surface area contributed by atoms with Gasteiger partial charge in [0.25, 0.3) is 5.91 Å². The molecule has 2 aromatic rings. The van der Waals surface area contributed by atoms with Gasteiger partial charge in [-0.1, -0.05) is 39.9 Å². The minimum Gasteiger partial charge on any atom is -0.506 e. The second-order valence-electron chi connectivity index (χ2n) is 4.83. The highest BCUT2D eigenvalue weighted by molar-refractivity contribution is 14.1. The third-order valence-electron chi connectivity index (χ3n) is 3.22. The minimum absolute atomic E-state index is 0.134. The number of rotatable bonds is 2. The Kier molecular flexibility index (Phi) is 5.90. The maximum Gasteiger partial charge on any atom is 0.270 e. The van der Waals surface area contributed by atoms with Gasteiger partial charge in [0.1, 0.15) is 5.75 Å². The van der Waals surface area contributed by atoms with Crippen LogP contribution in [0.5, 0.6) is 5.75 Å². The van der Waals surface area contributed by atoms with Gasteiger partial charge in [-0.25, -0.2) is 0 Å². The Morgan fingerprint density at radius 3 is 2.33 bits per heavy atom. The van der Waals surface area contributed by atoms with E-state index in [0.717, 1.165) is 22.9 Å². The standard InChI is InChI=1S/C16H8BrI2NO2S2/c17-9-1-3-10(4-2-9)20-15(22)13(24-16(20)23)7-8-5-11(18)14(21)12(19)6-8/h1-7,21H/b13-7+. The highest BCUT2D eigenvalue weighted by Gasteiger charge is 2.33. The zero-order chi connectivity index (χ0) is 17.4. The number of carbonyl (C=O) groups is 1. The number of amides is 1. The van der Waals surface area contributed by atoms with Crippen molar-refractivity contribution in [1.82, 2.24) is 0 Å². The third kappa shape index (κ3) is 3.81. The van der Waals surface area contributed by atoms with Crippen LogP contribution in [-0.4, -0.2) is 15.3 Å². The SMILES string of the molecule is O=C1/C(=C\c2cc(I)c(O)c(I)c2)SC(=S)N1c1ccc(Br)cc1. The van der Waals surface area contributed by atoms with E-state index in [2.05, 4.69) is 61.1 Å². The van der Waals surface area contributed by atoms with Crippen molar-refractivity contribution in [3.8, 4) is 5.75 Å². The fraction of sp³-hybridized carbons (Fsp3) is 0.